The second-order valence-corrected chi connectivity index (χ2v) is 9.36. The first kappa shape index (κ1) is 27.0. The van der Waals surface area contributed by atoms with Crippen LogP contribution in [0.3, 0.4) is 0 Å². The number of hydrogen-bond donors (Lipinski definition) is 1. The molecule has 4 rings (SSSR count). The van der Waals surface area contributed by atoms with E-state index in [0.29, 0.717) is 23.0 Å². The molecule has 0 aliphatic carbocycles. The van der Waals surface area contributed by atoms with Crippen molar-refractivity contribution in [2.24, 2.45) is 0 Å². The molecule has 0 aromatic heterocycles. The van der Waals surface area contributed by atoms with Gasteiger partial charge in [-0.25, -0.2) is 0 Å². The number of carbonyl (C=O) groups excluding carboxylic acids is 3. The predicted octanol–water partition coefficient (Wildman–Crippen LogP) is 5.59. The third-order valence-electron chi connectivity index (χ3n) is 5.83. The number of nitrogens with one attached hydrogen (secondary N) is 1. The molecule has 0 unspecified atom stereocenters. The zero-order chi connectivity index (χ0) is 28.3. The molecule has 1 heterocycles. The Kier molecular flexibility index (Phi) is 7.72. The van der Waals surface area contributed by atoms with Crippen molar-refractivity contribution < 1.29 is 29.0 Å². The van der Waals surface area contributed by atoms with Crippen LogP contribution in [0.25, 0.3) is 6.08 Å². The molecule has 1 aliphatic heterocycles. The summed E-state index contributed by atoms with van der Waals surface area (Å²) in [6.07, 6.45) is 1.38. The Balaban J connectivity index is 1.55. The normalized spacial score (nSPS) is 14.0. The number of aryl methyl sites for hydroxylation is 1. The lowest BCUT2D eigenvalue weighted by Gasteiger charge is -2.14. The topological polar surface area (TPSA) is 162 Å². The van der Waals surface area contributed by atoms with Crippen LogP contribution >= 0.6 is 11.8 Å². The van der Waals surface area contributed by atoms with Gasteiger partial charge in [0.2, 0.25) is 11.7 Å². The van der Waals surface area contributed by atoms with E-state index in [1.165, 1.54) is 12.1 Å². The number of nitrogens with zero attached hydrogens (tertiary/aromatic N) is 3. The summed E-state index contributed by atoms with van der Waals surface area (Å²) >= 11 is 0.639. The minimum absolute atomic E-state index is 0.0220. The van der Waals surface area contributed by atoms with Crippen LogP contribution in [0.2, 0.25) is 0 Å². The smallest absolute Gasteiger partial charge is 0.318 e. The molecule has 0 bridgehead atoms. The molecule has 1 fully saturated rings. The first-order chi connectivity index (χ1) is 18.5. The Bertz CT molecular complexity index is 1570. The molecular weight excluding hydrogens is 528 g/mol. The van der Waals surface area contributed by atoms with Gasteiger partial charge >= 0.3 is 5.69 Å². The van der Waals surface area contributed by atoms with Gasteiger partial charge in [-0.1, -0.05) is 30.3 Å². The average molecular weight is 549 g/mol. The summed E-state index contributed by atoms with van der Waals surface area (Å²) in [7, 11) is 0. The highest BCUT2D eigenvalue weighted by molar-refractivity contribution is 8.18. The quantitative estimate of drug-likeness (QED) is 0.215. The van der Waals surface area contributed by atoms with E-state index >= 15 is 0 Å². The maximum Gasteiger partial charge on any atom is 0.318 e. The van der Waals surface area contributed by atoms with E-state index in [0.717, 1.165) is 34.2 Å². The maximum absolute atomic E-state index is 13.0. The average Bonchev–Trinajstić information content (AvgIpc) is 3.15. The van der Waals surface area contributed by atoms with Crippen LogP contribution in [0.5, 0.6) is 11.5 Å². The van der Waals surface area contributed by atoms with Crippen molar-refractivity contribution in [3.63, 3.8) is 0 Å². The fourth-order valence-electron chi connectivity index (χ4n) is 3.66. The number of hydrogen-bond acceptors (Lipinski definition) is 9. The number of rotatable bonds is 8. The molecule has 0 radical (unpaired) electrons. The van der Waals surface area contributed by atoms with Crippen molar-refractivity contribution in [1.29, 1.82) is 0 Å². The number of carbonyl (C=O) groups is 3. The van der Waals surface area contributed by atoms with Gasteiger partial charge in [0.15, 0.2) is 0 Å². The number of nitro benzene ring substituents is 2. The zero-order valence-electron chi connectivity index (χ0n) is 20.6. The lowest BCUT2D eigenvalue weighted by atomic mass is 10.1. The van der Waals surface area contributed by atoms with E-state index in [-0.39, 0.29) is 16.4 Å². The number of anilines is 1. The molecule has 1 aliphatic rings. The highest BCUT2D eigenvalue weighted by Crippen LogP contribution is 2.38. The van der Waals surface area contributed by atoms with Crippen molar-refractivity contribution >= 4 is 52.0 Å². The van der Waals surface area contributed by atoms with Crippen LogP contribution < -0.4 is 10.1 Å². The van der Waals surface area contributed by atoms with Gasteiger partial charge in [0.1, 0.15) is 12.3 Å². The summed E-state index contributed by atoms with van der Waals surface area (Å²) in [5.41, 5.74) is 1.64. The van der Waals surface area contributed by atoms with E-state index in [1.54, 1.807) is 30.3 Å². The minimum Gasteiger partial charge on any atom is -0.449 e. The fourth-order valence-corrected chi connectivity index (χ4v) is 4.49. The first-order valence-electron chi connectivity index (χ1n) is 11.4. The molecule has 0 saturated carbocycles. The molecule has 0 spiro atoms. The second-order valence-electron chi connectivity index (χ2n) is 8.37. The number of nitro groups is 2. The van der Waals surface area contributed by atoms with Crippen LogP contribution in [0, 0.1) is 34.1 Å². The van der Waals surface area contributed by atoms with Gasteiger partial charge in [-0.05, 0) is 61.0 Å². The second kappa shape index (κ2) is 11.1. The van der Waals surface area contributed by atoms with Crippen LogP contribution in [0.15, 0.2) is 65.6 Å². The van der Waals surface area contributed by atoms with Crippen LogP contribution in [0.4, 0.5) is 21.9 Å². The zero-order valence-corrected chi connectivity index (χ0v) is 21.4. The Morgan fingerprint density at radius 3 is 2.46 bits per heavy atom. The molecule has 39 heavy (non-hydrogen) atoms. The van der Waals surface area contributed by atoms with Gasteiger partial charge in [0.05, 0.1) is 20.8 Å². The molecule has 3 amide bonds. The van der Waals surface area contributed by atoms with Gasteiger partial charge in [0, 0.05) is 17.3 Å². The predicted molar refractivity (Wildman–Crippen MR) is 143 cm³/mol. The Morgan fingerprint density at radius 1 is 1.00 bits per heavy atom. The van der Waals surface area contributed by atoms with Crippen molar-refractivity contribution in [1.82, 2.24) is 4.90 Å². The summed E-state index contributed by atoms with van der Waals surface area (Å²) in [6.45, 7) is 3.26. The first-order valence-corrected chi connectivity index (χ1v) is 12.2. The number of ether oxygens (including phenoxy) is 1. The van der Waals surface area contributed by atoms with Crippen molar-refractivity contribution in [3.8, 4) is 11.5 Å². The third kappa shape index (κ3) is 5.93. The molecule has 1 saturated heterocycles. The molecule has 1 N–H and O–H groups in total. The highest BCUT2D eigenvalue weighted by Gasteiger charge is 2.36. The number of para-hydroxylation sites is 1. The van der Waals surface area contributed by atoms with Crippen molar-refractivity contribution in [2.45, 2.75) is 13.8 Å². The number of amides is 3. The Morgan fingerprint density at radius 2 is 1.74 bits per heavy atom. The molecule has 198 valence electrons. The van der Waals surface area contributed by atoms with Crippen LogP contribution in [0.1, 0.15) is 16.7 Å². The number of imide groups is 1. The number of benzene rings is 3. The van der Waals surface area contributed by atoms with E-state index < -0.39 is 44.8 Å². The SMILES string of the molecule is Cc1cccc(NC(=O)CN2C(=O)S/C(=C/c3ccccc3Oc3ccc([N+](=O)[O-])cc3[N+](=O)[O-])C2=O)c1C. The van der Waals surface area contributed by atoms with Gasteiger partial charge in [0.25, 0.3) is 16.8 Å². The molecule has 3 aromatic carbocycles. The van der Waals surface area contributed by atoms with Crippen molar-refractivity contribution in [2.75, 3.05) is 11.9 Å². The van der Waals surface area contributed by atoms with Crippen molar-refractivity contribution in [3.05, 3.63) is 102 Å². The summed E-state index contributed by atoms with van der Waals surface area (Å²) in [5, 5.41) is 24.6. The van der Waals surface area contributed by atoms with E-state index in [4.69, 9.17) is 4.74 Å². The Hall–Kier alpha value is -5.04. The number of non-ortho nitro benzene ring substituents is 1. The standard InChI is InChI=1S/C26H20N4O8S/c1-15-6-5-8-19(16(15)2)27-24(31)14-28-25(32)23(39-26(28)33)12-17-7-3-4-9-21(17)38-22-11-10-18(29(34)35)13-20(22)30(36)37/h3-13H,14H2,1-2H3,(H,27,31)/b23-12+. The van der Waals surface area contributed by atoms with E-state index in [2.05, 4.69) is 5.32 Å². The Labute approximate surface area is 225 Å². The summed E-state index contributed by atoms with van der Waals surface area (Å²) in [5.74, 6) is -1.37. The monoisotopic (exact) mass is 548 g/mol. The molecular formula is C26H20N4O8S. The summed E-state index contributed by atoms with van der Waals surface area (Å²) in [6, 6.07) is 14.6. The fraction of sp³-hybridized carbons (Fsp3) is 0.115. The largest absolute Gasteiger partial charge is 0.449 e. The molecule has 3 aromatic rings. The van der Waals surface area contributed by atoms with Crippen LogP contribution in [-0.2, 0) is 9.59 Å². The summed E-state index contributed by atoms with van der Waals surface area (Å²) in [4.78, 5) is 59.9. The minimum atomic E-state index is -0.806. The highest BCUT2D eigenvalue weighted by atomic mass is 32.2. The van der Waals surface area contributed by atoms with E-state index in [1.807, 2.05) is 19.9 Å². The van der Waals surface area contributed by atoms with Gasteiger partial charge in [-0.15, -0.1) is 0 Å². The lowest BCUT2D eigenvalue weighted by Crippen LogP contribution is -2.36. The van der Waals surface area contributed by atoms with E-state index in [9.17, 15) is 34.6 Å². The lowest BCUT2D eigenvalue weighted by molar-refractivity contribution is -0.394. The third-order valence-corrected chi connectivity index (χ3v) is 6.74. The number of thioether (sulfide) groups is 1. The molecule has 12 nitrogen and oxygen atoms in total. The molecule has 0 atom stereocenters. The van der Waals surface area contributed by atoms with Gasteiger partial charge in [-0.3, -0.25) is 39.5 Å². The molecule has 13 heteroatoms. The van der Waals surface area contributed by atoms with Gasteiger partial charge in [-0.2, -0.15) is 0 Å². The summed E-state index contributed by atoms with van der Waals surface area (Å²) < 4.78 is 5.70. The van der Waals surface area contributed by atoms with Crippen LogP contribution in [-0.4, -0.2) is 38.3 Å². The maximum atomic E-state index is 13.0. The van der Waals surface area contributed by atoms with Gasteiger partial charge < -0.3 is 10.1 Å².